The van der Waals surface area contributed by atoms with E-state index < -0.39 is 0 Å². The predicted octanol–water partition coefficient (Wildman–Crippen LogP) is 8.35. The molecule has 0 aliphatic heterocycles. The molecule has 27 heavy (non-hydrogen) atoms. The van der Waals surface area contributed by atoms with Crippen molar-refractivity contribution in [3.05, 3.63) is 0 Å². The number of fused-ring (bicyclic) bond motifs is 3. The molecule has 0 aromatic carbocycles. The molecule has 0 N–H and O–H groups in total. The Morgan fingerprint density at radius 1 is 0.593 bits per heavy atom. The molecule has 4 saturated carbocycles. The molecule has 0 amide bonds. The van der Waals surface area contributed by atoms with Gasteiger partial charge in [-0.3, -0.25) is 0 Å². The molecule has 0 nitrogen and oxygen atoms in total. The van der Waals surface area contributed by atoms with Crippen molar-refractivity contribution in [1.82, 2.24) is 0 Å². The van der Waals surface area contributed by atoms with Gasteiger partial charge in [0.25, 0.3) is 0 Å². The minimum absolute atomic E-state index is 0.972. The van der Waals surface area contributed by atoms with Crippen molar-refractivity contribution in [3.8, 4) is 0 Å². The fourth-order valence-electron chi connectivity index (χ4n) is 9.12. The van der Waals surface area contributed by atoms with Crippen LogP contribution in [-0.2, 0) is 0 Å². The zero-order valence-corrected chi connectivity index (χ0v) is 19.0. The number of hydrogen-bond acceptors (Lipinski definition) is 0. The minimum Gasteiger partial charge on any atom is -0.0651 e. The lowest BCUT2D eigenvalue weighted by molar-refractivity contribution is 0.0501. The van der Waals surface area contributed by atoms with Gasteiger partial charge in [-0.05, 0) is 104 Å². The Morgan fingerprint density at radius 2 is 1.30 bits per heavy atom. The molecule has 0 bridgehead atoms. The summed E-state index contributed by atoms with van der Waals surface area (Å²) in [5, 5.41) is 0. The van der Waals surface area contributed by atoms with Crippen LogP contribution in [0.3, 0.4) is 0 Å². The predicted molar refractivity (Wildman–Crippen MR) is 118 cm³/mol. The first-order valence-corrected chi connectivity index (χ1v) is 13.1. The molecule has 0 heterocycles. The van der Waals surface area contributed by atoms with Crippen LogP contribution in [0, 0.1) is 59.2 Å². The monoisotopic (exact) mass is 372 g/mol. The minimum atomic E-state index is 0.972. The standard InChI is InChI=1S/C27H48/c1-5-20-11-12-26-22(15-20)17-23(16-21-9-7-8-10-25(21)26)27-14-18(3)13-19(4)24(27)6-2/h18-27H,5-17H2,1-4H3. The Morgan fingerprint density at radius 3 is 2.07 bits per heavy atom. The summed E-state index contributed by atoms with van der Waals surface area (Å²) >= 11 is 0. The molecule has 0 aromatic heterocycles. The van der Waals surface area contributed by atoms with Gasteiger partial charge in [-0.1, -0.05) is 66.2 Å². The van der Waals surface area contributed by atoms with Gasteiger partial charge >= 0.3 is 0 Å². The molecule has 4 rings (SSSR count). The Bertz CT molecular complexity index is 467. The average Bonchev–Trinajstić information content (AvgIpc) is 2.83. The van der Waals surface area contributed by atoms with Gasteiger partial charge in [0.2, 0.25) is 0 Å². The largest absolute Gasteiger partial charge is 0.0651 e. The third-order valence-electron chi connectivity index (χ3n) is 10.3. The first-order chi connectivity index (χ1) is 13.1. The zero-order chi connectivity index (χ0) is 19.0. The average molecular weight is 373 g/mol. The third-order valence-corrected chi connectivity index (χ3v) is 10.3. The molecule has 0 saturated heterocycles. The summed E-state index contributed by atoms with van der Waals surface area (Å²) in [6.07, 6.45) is 20.2. The molecule has 156 valence electrons. The van der Waals surface area contributed by atoms with Crippen molar-refractivity contribution in [1.29, 1.82) is 0 Å². The summed E-state index contributed by atoms with van der Waals surface area (Å²) in [5.41, 5.74) is 0. The Kier molecular flexibility index (Phi) is 6.60. The maximum absolute atomic E-state index is 2.59. The summed E-state index contributed by atoms with van der Waals surface area (Å²) in [5.74, 6) is 10.6. The van der Waals surface area contributed by atoms with E-state index in [1.165, 1.54) is 25.7 Å². The van der Waals surface area contributed by atoms with Crippen LogP contribution < -0.4 is 0 Å². The highest BCUT2D eigenvalue weighted by molar-refractivity contribution is 4.96. The molecule has 0 aromatic rings. The maximum atomic E-state index is 2.59. The molecule has 0 heteroatoms. The van der Waals surface area contributed by atoms with Gasteiger partial charge in [-0.25, -0.2) is 0 Å². The fraction of sp³-hybridized carbons (Fsp3) is 1.00. The molecular formula is C27H48. The summed E-state index contributed by atoms with van der Waals surface area (Å²) in [7, 11) is 0. The highest BCUT2D eigenvalue weighted by atomic mass is 14.5. The topological polar surface area (TPSA) is 0 Å². The van der Waals surface area contributed by atoms with Crippen LogP contribution in [-0.4, -0.2) is 0 Å². The van der Waals surface area contributed by atoms with E-state index >= 15 is 0 Å². The quantitative estimate of drug-likeness (QED) is 0.467. The molecule has 4 aliphatic carbocycles. The molecule has 10 atom stereocenters. The van der Waals surface area contributed by atoms with Crippen LogP contribution in [0.2, 0.25) is 0 Å². The first kappa shape index (κ1) is 20.3. The van der Waals surface area contributed by atoms with E-state index in [0.717, 1.165) is 59.2 Å². The van der Waals surface area contributed by atoms with Crippen LogP contribution in [0.25, 0.3) is 0 Å². The van der Waals surface area contributed by atoms with Gasteiger partial charge < -0.3 is 0 Å². The summed E-state index contributed by atoms with van der Waals surface area (Å²) in [4.78, 5) is 0. The van der Waals surface area contributed by atoms with E-state index in [2.05, 4.69) is 27.7 Å². The van der Waals surface area contributed by atoms with Crippen LogP contribution >= 0.6 is 0 Å². The van der Waals surface area contributed by atoms with Gasteiger partial charge in [-0.15, -0.1) is 0 Å². The number of hydrogen-bond donors (Lipinski definition) is 0. The van der Waals surface area contributed by atoms with Crippen molar-refractivity contribution < 1.29 is 0 Å². The van der Waals surface area contributed by atoms with Crippen LogP contribution in [0.1, 0.15) is 111 Å². The highest BCUT2D eigenvalue weighted by Crippen LogP contribution is 2.56. The van der Waals surface area contributed by atoms with Crippen LogP contribution in [0.15, 0.2) is 0 Å². The van der Waals surface area contributed by atoms with E-state index in [1.54, 1.807) is 57.8 Å². The third kappa shape index (κ3) is 4.16. The second-order valence-electron chi connectivity index (χ2n) is 11.7. The molecule has 4 aliphatic rings. The molecule has 0 spiro atoms. The van der Waals surface area contributed by atoms with Crippen molar-refractivity contribution in [2.45, 2.75) is 111 Å². The molecule has 10 unspecified atom stereocenters. The fourth-order valence-corrected chi connectivity index (χ4v) is 9.12. The normalized spacial score (nSPS) is 51.1. The maximum Gasteiger partial charge on any atom is -0.0352 e. The second-order valence-corrected chi connectivity index (χ2v) is 11.7. The Balaban J connectivity index is 1.58. The van der Waals surface area contributed by atoms with E-state index in [9.17, 15) is 0 Å². The van der Waals surface area contributed by atoms with Crippen molar-refractivity contribution in [2.24, 2.45) is 59.2 Å². The van der Waals surface area contributed by atoms with E-state index in [1.807, 2.05) is 0 Å². The zero-order valence-electron chi connectivity index (χ0n) is 19.0. The summed E-state index contributed by atoms with van der Waals surface area (Å²) in [6, 6.07) is 0. The lowest BCUT2D eigenvalue weighted by atomic mass is 9.61. The van der Waals surface area contributed by atoms with E-state index in [-0.39, 0.29) is 0 Å². The van der Waals surface area contributed by atoms with Crippen molar-refractivity contribution >= 4 is 0 Å². The van der Waals surface area contributed by atoms with Crippen LogP contribution in [0.4, 0.5) is 0 Å². The van der Waals surface area contributed by atoms with Gasteiger partial charge in [0.15, 0.2) is 0 Å². The van der Waals surface area contributed by atoms with Crippen molar-refractivity contribution in [2.75, 3.05) is 0 Å². The molecule has 4 fully saturated rings. The molecular weight excluding hydrogens is 324 g/mol. The van der Waals surface area contributed by atoms with Gasteiger partial charge in [-0.2, -0.15) is 0 Å². The SMILES string of the molecule is CCC1CCC2C(C1)CC(C1CC(C)CC(C)C1CC)CC1CCCCC12. The van der Waals surface area contributed by atoms with Crippen LogP contribution in [0.5, 0.6) is 0 Å². The Hall–Kier alpha value is 0. The second kappa shape index (κ2) is 8.79. The smallest absolute Gasteiger partial charge is 0.0352 e. The van der Waals surface area contributed by atoms with Gasteiger partial charge in [0.1, 0.15) is 0 Å². The van der Waals surface area contributed by atoms with E-state index in [0.29, 0.717) is 0 Å². The lowest BCUT2D eigenvalue weighted by Gasteiger charge is -2.45. The van der Waals surface area contributed by atoms with Gasteiger partial charge in [0, 0.05) is 0 Å². The van der Waals surface area contributed by atoms with Gasteiger partial charge in [0.05, 0.1) is 0 Å². The molecule has 0 radical (unpaired) electrons. The highest BCUT2D eigenvalue weighted by Gasteiger charge is 2.47. The van der Waals surface area contributed by atoms with E-state index in [4.69, 9.17) is 0 Å². The summed E-state index contributed by atoms with van der Waals surface area (Å²) < 4.78 is 0. The lowest BCUT2D eigenvalue weighted by Crippen LogP contribution is -2.36. The Labute approximate surface area is 170 Å². The summed E-state index contributed by atoms with van der Waals surface area (Å²) in [6.45, 7) is 10.1. The van der Waals surface area contributed by atoms with Crippen molar-refractivity contribution in [3.63, 3.8) is 0 Å². The number of rotatable bonds is 3. The first-order valence-electron chi connectivity index (χ1n) is 13.1.